The van der Waals surface area contributed by atoms with E-state index in [4.69, 9.17) is 4.52 Å². The number of carbonyl (C=O) groups excluding carboxylic acids is 1. The summed E-state index contributed by atoms with van der Waals surface area (Å²) in [6, 6.07) is 0. The lowest BCUT2D eigenvalue weighted by Gasteiger charge is -2.09. The number of likely N-dealkylation sites (N-methyl/N-ethyl adjacent to an activating group) is 1. The van der Waals surface area contributed by atoms with Crippen molar-refractivity contribution in [2.24, 2.45) is 0 Å². The van der Waals surface area contributed by atoms with Crippen molar-refractivity contribution in [3.8, 4) is 0 Å². The highest BCUT2D eigenvalue weighted by molar-refractivity contribution is 5.93. The Labute approximate surface area is 108 Å². The molecule has 2 rings (SSSR count). The molecular formula is C13H21N3O2. The molecule has 0 saturated carbocycles. The molecule has 1 aliphatic rings. The van der Waals surface area contributed by atoms with E-state index in [1.165, 1.54) is 6.42 Å². The molecule has 100 valence electrons. The molecular weight excluding hydrogens is 230 g/mol. The minimum absolute atomic E-state index is 0.108. The van der Waals surface area contributed by atoms with Gasteiger partial charge in [0.25, 0.3) is 5.91 Å². The summed E-state index contributed by atoms with van der Waals surface area (Å²) < 4.78 is 5.29. The molecule has 0 aliphatic heterocycles. The first-order chi connectivity index (χ1) is 8.68. The minimum Gasteiger partial charge on any atom is -0.360 e. The van der Waals surface area contributed by atoms with Crippen LogP contribution in [0.3, 0.4) is 0 Å². The lowest BCUT2D eigenvalue weighted by molar-refractivity contribution is 0.0941. The van der Waals surface area contributed by atoms with E-state index in [2.05, 4.69) is 10.5 Å². The Morgan fingerprint density at radius 2 is 2.11 bits per heavy atom. The fourth-order valence-electron chi connectivity index (χ4n) is 2.22. The molecule has 1 heterocycles. The first-order valence-corrected chi connectivity index (χ1v) is 6.59. The fraction of sp³-hybridized carbons (Fsp3) is 0.692. The van der Waals surface area contributed by atoms with Crippen LogP contribution in [0.5, 0.6) is 0 Å². The fourth-order valence-corrected chi connectivity index (χ4v) is 2.22. The van der Waals surface area contributed by atoms with Crippen molar-refractivity contribution in [3.63, 3.8) is 0 Å². The van der Waals surface area contributed by atoms with E-state index in [0.29, 0.717) is 12.2 Å². The molecule has 18 heavy (non-hydrogen) atoms. The van der Waals surface area contributed by atoms with Gasteiger partial charge < -0.3 is 14.7 Å². The molecule has 0 saturated heterocycles. The summed E-state index contributed by atoms with van der Waals surface area (Å²) in [5, 5.41) is 6.82. The van der Waals surface area contributed by atoms with Crippen molar-refractivity contribution in [1.29, 1.82) is 0 Å². The van der Waals surface area contributed by atoms with Gasteiger partial charge in [0.15, 0.2) is 5.69 Å². The number of rotatable bonds is 4. The summed E-state index contributed by atoms with van der Waals surface area (Å²) in [4.78, 5) is 14.1. The summed E-state index contributed by atoms with van der Waals surface area (Å²) in [7, 11) is 3.96. The van der Waals surface area contributed by atoms with Gasteiger partial charge in [0, 0.05) is 25.1 Å². The molecule has 1 aromatic rings. The van der Waals surface area contributed by atoms with Crippen molar-refractivity contribution in [2.45, 2.75) is 32.1 Å². The molecule has 5 heteroatoms. The van der Waals surface area contributed by atoms with Crippen molar-refractivity contribution in [1.82, 2.24) is 15.4 Å². The summed E-state index contributed by atoms with van der Waals surface area (Å²) in [5.74, 6) is 0.800. The van der Waals surface area contributed by atoms with Crippen LogP contribution in [0.1, 0.15) is 41.1 Å². The Kier molecular flexibility index (Phi) is 4.36. The highest BCUT2D eigenvalue weighted by atomic mass is 16.5. The maximum Gasteiger partial charge on any atom is 0.273 e. The number of nitrogens with zero attached hydrogens (tertiary/aromatic N) is 2. The van der Waals surface area contributed by atoms with Crippen molar-refractivity contribution in [3.05, 3.63) is 17.0 Å². The smallest absolute Gasteiger partial charge is 0.273 e. The number of carbonyl (C=O) groups is 1. The maximum atomic E-state index is 12.0. The average molecular weight is 251 g/mol. The van der Waals surface area contributed by atoms with Gasteiger partial charge in [-0.05, 0) is 33.4 Å². The second-order valence-corrected chi connectivity index (χ2v) is 5.05. The van der Waals surface area contributed by atoms with E-state index in [1.807, 2.05) is 19.0 Å². The summed E-state index contributed by atoms with van der Waals surface area (Å²) in [6.07, 6.45) is 5.27. The van der Waals surface area contributed by atoms with Crippen LogP contribution in [0.15, 0.2) is 4.52 Å². The number of hydrogen-bond acceptors (Lipinski definition) is 4. The first kappa shape index (κ1) is 13.1. The molecule has 1 amide bonds. The minimum atomic E-state index is -0.108. The van der Waals surface area contributed by atoms with Crippen molar-refractivity contribution < 1.29 is 9.32 Å². The van der Waals surface area contributed by atoms with Crippen LogP contribution in [0, 0.1) is 0 Å². The van der Waals surface area contributed by atoms with Crippen LogP contribution in [-0.2, 0) is 12.8 Å². The third-order valence-corrected chi connectivity index (χ3v) is 3.26. The molecule has 0 unspecified atom stereocenters. The number of nitrogens with one attached hydrogen (secondary N) is 1. The van der Waals surface area contributed by atoms with Gasteiger partial charge in [0.1, 0.15) is 5.76 Å². The van der Waals surface area contributed by atoms with E-state index in [1.54, 1.807) is 0 Å². The molecule has 0 radical (unpaired) electrons. The zero-order chi connectivity index (χ0) is 13.0. The van der Waals surface area contributed by atoms with E-state index in [9.17, 15) is 4.79 Å². The number of aryl methyl sites for hydroxylation is 1. The Morgan fingerprint density at radius 1 is 1.33 bits per heavy atom. The van der Waals surface area contributed by atoms with Gasteiger partial charge >= 0.3 is 0 Å². The highest BCUT2D eigenvalue weighted by Crippen LogP contribution is 2.23. The van der Waals surface area contributed by atoms with E-state index in [-0.39, 0.29) is 5.91 Å². The second kappa shape index (κ2) is 6.00. The van der Waals surface area contributed by atoms with Gasteiger partial charge in [-0.2, -0.15) is 0 Å². The Morgan fingerprint density at radius 3 is 2.89 bits per heavy atom. The van der Waals surface area contributed by atoms with Crippen molar-refractivity contribution >= 4 is 5.91 Å². The maximum absolute atomic E-state index is 12.0. The van der Waals surface area contributed by atoms with Gasteiger partial charge in [-0.1, -0.05) is 11.6 Å². The van der Waals surface area contributed by atoms with E-state index in [0.717, 1.165) is 43.6 Å². The molecule has 0 spiro atoms. The zero-order valence-electron chi connectivity index (χ0n) is 11.2. The lowest BCUT2D eigenvalue weighted by atomic mass is 10.1. The van der Waals surface area contributed by atoms with Crippen LogP contribution >= 0.6 is 0 Å². The molecule has 1 aromatic heterocycles. The topological polar surface area (TPSA) is 58.4 Å². The summed E-state index contributed by atoms with van der Waals surface area (Å²) in [5.41, 5.74) is 1.51. The Balaban J connectivity index is 2.00. The van der Waals surface area contributed by atoms with Crippen LogP contribution in [0.25, 0.3) is 0 Å². The molecule has 0 aromatic carbocycles. The van der Waals surface area contributed by atoms with Gasteiger partial charge in [0.2, 0.25) is 0 Å². The molecule has 5 nitrogen and oxygen atoms in total. The van der Waals surface area contributed by atoms with E-state index < -0.39 is 0 Å². The zero-order valence-corrected chi connectivity index (χ0v) is 11.2. The second-order valence-electron chi connectivity index (χ2n) is 5.05. The van der Waals surface area contributed by atoms with Gasteiger partial charge in [0.05, 0.1) is 0 Å². The Bertz CT molecular complexity index is 412. The lowest BCUT2D eigenvalue weighted by Crippen LogP contribution is -2.32. The quantitative estimate of drug-likeness (QED) is 0.818. The molecule has 0 fully saturated rings. The van der Waals surface area contributed by atoms with Crippen molar-refractivity contribution in [2.75, 3.05) is 27.2 Å². The average Bonchev–Trinajstić information content (AvgIpc) is 2.58. The third kappa shape index (κ3) is 3.10. The van der Waals surface area contributed by atoms with Crippen LogP contribution in [0.4, 0.5) is 0 Å². The van der Waals surface area contributed by atoms with Gasteiger partial charge in [-0.15, -0.1) is 0 Å². The standard InChI is InChI=1S/C13H21N3O2/c1-16(2)9-8-14-13(17)12-10-6-4-3-5-7-11(10)18-15-12/h3-9H2,1-2H3,(H,14,17). The predicted molar refractivity (Wildman–Crippen MR) is 68.6 cm³/mol. The number of hydrogen-bond donors (Lipinski definition) is 1. The van der Waals surface area contributed by atoms with Crippen LogP contribution in [0.2, 0.25) is 0 Å². The van der Waals surface area contributed by atoms with E-state index >= 15 is 0 Å². The largest absolute Gasteiger partial charge is 0.360 e. The number of amides is 1. The molecule has 0 atom stereocenters. The predicted octanol–water partition coefficient (Wildman–Crippen LogP) is 1.23. The summed E-state index contributed by atoms with van der Waals surface area (Å²) in [6.45, 7) is 1.46. The monoisotopic (exact) mass is 251 g/mol. The van der Waals surface area contributed by atoms with Gasteiger partial charge in [-0.25, -0.2) is 0 Å². The SMILES string of the molecule is CN(C)CCNC(=O)c1noc2c1CCCCC2. The normalized spacial score (nSPS) is 15.3. The molecule has 0 bridgehead atoms. The Hall–Kier alpha value is -1.36. The first-order valence-electron chi connectivity index (χ1n) is 6.59. The number of aromatic nitrogens is 1. The molecule has 1 aliphatic carbocycles. The number of fused-ring (bicyclic) bond motifs is 1. The molecule has 1 N–H and O–H groups in total. The van der Waals surface area contributed by atoms with Crippen LogP contribution < -0.4 is 5.32 Å². The summed E-state index contributed by atoms with van der Waals surface area (Å²) >= 11 is 0. The van der Waals surface area contributed by atoms with Gasteiger partial charge in [-0.3, -0.25) is 4.79 Å². The third-order valence-electron chi connectivity index (χ3n) is 3.26. The van der Waals surface area contributed by atoms with Crippen LogP contribution in [-0.4, -0.2) is 43.1 Å². The highest BCUT2D eigenvalue weighted by Gasteiger charge is 2.22.